The number of hydrogen-bond donors (Lipinski definition) is 0. The number of nitrogens with zero attached hydrogens (tertiary/aromatic N) is 1. The number of allylic oxidation sites excluding steroid dienone is 1. The molecule has 118 valence electrons. The van der Waals surface area contributed by atoms with Crippen molar-refractivity contribution in [1.82, 2.24) is 0 Å². The Labute approximate surface area is 140 Å². The van der Waals surface area contributed by atoms with E-state index >= 15 is 0 Å². The number of rotatable bonds is 5. The quantitative estimate of drug-likeness (QED) is 0.458. The summed E-state index contributed by atoms with van der Waals surface area (Å²) in [6, 6.07) is 14.0. The second kappa shape index (κ2) is 8.15. The Bertz CT molecular complexity index is 719. The highest BCUT2D eigenvalue weighted by atomic mass is 35.5. The van der Waals surface area contributed by atoms with Gasteiger partial charge in [-0.15, -0.1) is 0 Å². The highest BCUT2D eigenvalue weighted by Gasteiger charge is 2.06. The molecule has 2 rings (SSSR count). The minimum Gasteiger partial charge on any atom is -0.497 e. The lowest BCUT2D eigenvalue weighted by molar-refractivity contribution is 0.0516. The van der Waals surface area contributed by atoms with Gasteiger partial charge in [0.05, 0.1) is 18.4 Å². The van der Waals surface area contributed by atoms with Crippen LogP contribution in [0, 0.1) is 0 Å². The number of halogens is 1. The van der Waals surface area contributed by atoms with Crippen molar-refractivity contribution in [3.8, 4) is 5.75 Å². The Morgan fingerprint density at radius 1 is 1.09 bits per heavy atom. The van der Waals surface area contributed by atoms with Crippen LogP contribution >= 0.6 is 11.6 Å². The molecule has 0 aliphatic carbocycles. The summed E-state index contributed by atoms with van der Waals surface area (Å²) >= 11 is 5.77. The molecule has 0 bridgehead atoms. The molecule has 0 atom stereocenters. The van der Waals surface area contributed by atoms with Gasteiger partial charge in [0.15, 0.2) is 0 Å². The van der Waals surface area contributed by atoms with Crippen molar-refractivity contribution in [2.45, 2.75) is 6.92 Å². The fourth-order valence-electron chi connectivity index (χ4n) is 1.71. The van der Waals surface area contributed by atoms with E-state index in [4.69, 9.17) is 21.2 Å². The van der Waals surface area contributed by atoms with Gasteiger partial charge in [0.1, 0.15) is 5.75 Å². The minimum atomic E-state index is -0.529. The Morgan fingerprint density at radius 3 is 2.35 bits per heavy atom. The summed E-state index contributed by atoms with van der Waals surface area (Å²) < 4.78 is 5.10. The van der Waals surface area contributed by atoms with Crippen molar-refractivity contribution in [2.75, 3.05) is 7.11 Å². The summed E-state index contributed by atoms with van der Waals surface area (Å²) in [6.07, 6.45) is 3.63. The maximum Gasteiger partial charge on any atom is 0.365 e. The van der Waals surface area contributed by atoms with Gasteiger partial charge in [-0.05, 0) is 55.0 Å². The molecule has 0 saturated heterocycles. The molecule has 0 aliphatic rings. The summed E-state index contributed by atoms with van der Waals surface area (Å²) in [5, 5.41) is 4.35. The zero-order valence-electron chi connectivity index (χ0n) is 12.8. The fourth-order valence-corrected chi connectivity index (χ4v) is 1.84. The van der Waals surface area contributed by atoms with Crippen LogP contribution in [0.15, 0.2) is 59.8 Å². The molecule has 2 aromatic rings. The second-order valence-electron chi connectivity index (χ2n) is 4.72. The SMILES string of the molecule is COc1ccc(/C=C/C(C)=N\OC(=O)c2ccc(Cl)cc2)cc1. The third-order valence-corrected chi connectivity index (χ3v) is 3.24. The molecule has 0 amide bonds. The predicted molar refractivity (Wildman–Crippen MR) is 92.0 cm³/mol. The van der Waals surface area contributed by atoms with Gasteiger partial charge in [0, 0.05) is 5.02 Å². The second-order valence-corrected chi connectivity index (χ2v) is 5.16. The summed E-state index contributed by atoms with van der Waals surface area (Å²) in [7, 11) is 1.62. The first kappa shape index (κ1) is 16.8. The maximum atomic E-state index is 11.8. The number of ether oxygens (including phenoxy) is 1. The van der Waals surface area contributed by atoms with Crippen molar-refractivity contribution in [2.24, 2.45) is 5.16 Å². The molecular formula is C18H16ClNO3. The molecule has 0 N–H and O–H groups in total. The van der Waals surface area contributed by atoms with Gasteiger partial charge in [-0.25, -0.2) is 4.79 Å². The molecule has 0 aromatic heterocycles. The average Bonchev–Trinajstić information content (AvgIpc) is 2.59. The van der Waals surface area contributed by atoms with Gasteiger partial charge >= 0.3 is 5.97 Å². The molecular weight excluding hydrogens is 314 g/mol. The highest BCUT2D eigenvalue weighted by molar-refractivity contribution is 6.30. The van der Waals surface area contributed by atoms with Gasteiger partial charge in [0.25, 0.3) is 0 Å². The van der Waals surface area contributed by atoms with Crippen molar-refractivity contribution in [3.05, 3.63) is 70.8 Å². The first-order valence-corrected chi connectivity index (χ1v) is 7.30. The van der Waals surface area contributed by atoms with E-state index in [9.17, 15) is 4.79 Å². The predicted octanol–water partition coefficient (Wildman–Crippen LogP) is 4.59. The van der Waals surface area contributed by atoms with E-state index < -0.39 is 5.97 Å². The van der Waals surface area contributed by atoms with Crippen LogP contribution in [0.1, 0.15) is 22.8 Å². The summed E-state index contributed by atoms with van der Waals surface area (Å²) in [5.74, 6) is 0.267. The Kier molecular flexibility index (Phi) is 5.94. The van der Waals surface area contributed by atoms with E-state index in [0.717, 1.165) is 11.3 Å². The fraction of sp³-hybridized carbons (Fsp3) is 0.111. The smallest absolute Gasteiger partial charge is 0.365 e. The van der Waals surface area contributed by atoms with E-state index in [-0.39, 0.29) is 0 Å². The van der Waals surface area contributed by atoms with Gasteiger partial charge in [-0.3, -0.25) is 0 Å². The molecule has 2 aromatic carbocycles. The Morgan fingerprint density at radius 2 is 1.74 bits per heavy atom. The van der Waals surface area contributed by atoms with Crippen LogP contribution in [0.5, 0.6) is 5.75 Å². The van der Waals surface area contributed by atoms with Gasteiger partial charge < -0.3 is 9.57 Å². The topological polar surface area (TPSA) is 47.9 Å². The molecule has 0 heterocycles. The van der Waals surface area contributed by atoms with Crippen LogP contribution in [-0.2, 0) is 4.84 Å². The van der Waals surface area contributed by atoms with Gasteiger partial charge in [0.2, 0.25) is 0 Å². The first-order chi connectivity index (χ1) is 11.1. The highest BCUT2D eigenvalue weighted by Crippen LogP contribution is 2.13. The number of methoxy groups -OCH3 is 1. The van der Waals surface area contributed by atoms with Gasteiger partial charge in [-0.2, -0.15) is 0 Å². The molecule has 0 fully saturated rings. The zero-order valence-corrected chi connectivity index (χ0v) is 13.6. The molecule has 0 unspecified atom stereocenters. The van der Waals surface area contributed by atoms with E-state index in [0.29, 0.717) is 16.3 Å². The molecule has 0 saturated carbocycles. The molecule has 5 heteroatoms. The minimum absolute atomic E-state index is 0.394. The number of hydrogen-bond acceptors (Lipinski definition) is 4. The zero-order chi connectivity index (χ0) is 16.7. The van der Waals surface area contributed by atoms with E-state index in [1.807, 2.05) is 30.3 Å². The molecule has 0 spiro atoms. The largest absolute Gasteiger partial charge is 0.497 e. The normalized spacial score (nSPS) is 11.5. The Hall–Kier alpha value is -2.59. The van der Waals surface area contributed by atoms with Crippen LogP contribution in [0.25, 0.3) is 6.08 Å². The molecule has 4 nitrogen and oxygen atoms in total. The number of carbonyl (C=O) groups is 1. The molecule has 0 radical (unpaired) electrons. The van der Waals surface area contributed by atoms with Crippen LogP contribution in [0.4, 0.5) is 0 Å². The van der Waals surface area contributed by atoms with Crippen LogP contribution in [0.3, 0.4) is 0 Å². The summed E-state index contributed by atoms with van der Waals surface area (Å²) in [5.41, 5.74) is 1.96. The third-order valence-electron chi connectivity index (χ3n) is 2.99. The number of benzene rings is 2. The third kappa shape index (κ3) is 5.27. The lowest BCUT2D eigenvalue weighted by atomic mass is 10.2. The first-order valence-electron chi connectivity index (χ1n) is 6.92. The molecule has 23 heavy (non-hydrogen) atoms. The summed E-state index contributed by atoms with van der Waals surface area (Å²) in [4.78, 5) is 16.7. The average molecular weight is 330 g/mol. The number of oxime groups is 1. The maximum absolute atomic E-state index is 11.8. The monoisotopic (exact) mass is 329 g/mol. The van der Waals surface area contributed by atoms with Crippen molar-refractivity contribution >= 4 is 29.4 Å². The van der Waals surface area contributed by atoms with Crippen molar-refractivity contribution in [3.63, 3.8) is 0 Å². The van der Waals surface area contributed by atoms with E-state index in [2.05, 4.69) is 5.16 Å². The van der Waals surface area contributed by atoms with Crippen molar-refractivity contribution in [1.29, 1.82) is 0 Å². The lowest BCUT2D eigenvalue weighted by Crippen LogP contribution is -2.01. The van der Waals surface area contributed by atoms with Crippen molar-refractivity contribution < 1.29 is 14.4 Å². The standard InChI is InChI=1S/C18H16ClNO3/c1-13(3-4-14-5-11-17(22-2)12-6-14)20-23-18(21)15-7-9-16(19)10-8-15/h3-12H,1-2H3/b4-3+,20-13-. The lowest BCUT2D eigenvalue weighted by Gasteiger charge is -2.00. The van der Waals surface area contributed by atoms with E-state index in [1.54, 1.807) is 44.4 Å². The molecule has 0 aliphatic heterocycles. The van der Waals surface area contributed by atoms with Crippen LogP contribution < -0.4 is 4.74 Å². The van der Waals surface area contributed by atoms with Crippen LogP contribution in [0.2, 0.25) is 5.02 Å². The van der Waals surface area contributed by atoms with Gasteiger partial charge in [-0.1, -0.05) is 35.0 Å². The van der Waals surface area contributed by atoms with Crippen LogP contribution in [-0.4, -0.2) is 18.8 Å². The summed E-state index contributed by atoms with van der Waals surface area (Å²) in [6.45, 7) is 1.75. The Balaban J connectivity index is 1.95. The van der Waals surface area contributed by atoms with E-state index in [1.165, 1.54) is 0 Å². The number of carbonyl (C=O) groups excluding carboxylic acids is 1.